The van der Waals surface area contributed by atoms with Crippen molar-refractivity contribution in [2.24, 2.45) is 12.8 Å². The van der Waals surface area contributed by atoms with Crippen LogP contribution in [0.5, 0.6) is 0 Å². The second kappa shape index (κ2) is 8.12. The number of aryl methyl sites for hydroxylation is 3. The number of hydrogen-bond acceptors (Lipinski definition) is 4. The highest BCUT2D eigenvalue weighted by molar-refractivity contribution is 5.85. The van der Waals surface area contributed by atoms with E-state index in [1.165, 1.54) is 0 Å². The SMILES string of the molecule is Cc1nc2c(c(C)c1CC(=O)NCCCCN)c(=O)[nH]n2C.Cl. The molecule has 1 amide bonds. The van der Waals surface area contributed by atoms with E-state index in [1.54, 1.807) is 11.7 Å². The van der Waals surface area contributed by atoms with Crippen molar-refractivity contribution in [2.75, 3.05) is 13.1 Å². The maximum absolute atomic E-state index is 12.0. The predicted molar refractivity (Wildman–Crippen MR) is 93.1 cm³/mol. The summed E-state index contributed by atoms with van der Waals surface area (Å²) in [6, 6.07) is 0. The minimum atomic E-state index is -0.174. The second-order valence-corrected chi connectivity index (χ2v) is 5.52. The van der Waals surface area contributed by atoms with Gasteiger partial charge in [-0.1, -0.05) is 0 Å². The Morgan fingerprint density at radius 3 is 2.70 bits per heavy atom. The zero-order valence-electron chi connectivity index (χ0n) is 13.7. The largest absolute Gasteiger partial charge is 0.356 e. The Balaban J connectivity index is 0.00000264. The number of nitrogens with zero attached hydrogens (tertiary/aromatic N) is 2. The van der Waals surface area contributed by atoms with Crippen LogP contribution in [0.4, 0.5) is 0 Å². The third kappa shape index (κ3) is 4.11. The van der Waals surface area contributed by atoms with Crippen molar-refractivity contribution in [1.29, 1.82) is 0 Å². The Morgan fingerprint density at radius 2 is 2.04 bits per heavy atom. The Hall–Kier alpha value is -1.86. The van der Waals surface area contributed by atoms with Crippen LogP contribution in [0, 0.1) is 13.8 Å². The maximum atomic E-state index is 12.0. The number of pyridine rings is 1. The molecular weight excluding hydrogens is 318 g/mol. The molecule has 4 N–H and O–H groups in total. The Morgan fingerprint density at radius 1 is 1.35 bits per heavy atom. The van der Waals surface area contributed by atoms with E-state index in [0.717, 1.165) is 29.7 Å². The van der Waals surface area contributed by atoms with Gasteiger partial charge >= 0.3 is 0 Å². The van der Waals surface area contributed by atoms with Gasteiger partial charge < -0.3 is 11.1 Å². The van der Waals surface area contributed by atoms with Gasteiger partial charge in [0.1, 0.15) is 0 Å². The fourth-order valence-corrected chi connectivity index (χ4v) is 2.63. The van der Waals surface area contributed by atoms with Gasteiger partial charge in [0.05, 0.1) is 11.8 Å². The number of carbonyl (C=O) groups is 1. The quantitative estimate of drug-likeness (QED) is 0.672. The van der Waals surface area contributed by atoms with Crippen molar-refractivity contribution in [3.8, 4) is 0 Å². The summed E-state index contributed by atoms with van der Waals surface area (Å²) in [4.78, 5) is 28.5. The van der Waals surface area contributed by atoms with Gasteiger partial charge in [-0.2, -0.15) is 0 Å². The van der Waals surface area contributed by atoms with Crippen molar-refractivity contribution < 1.29 is 4.79 Å². The van der Waals surface area contributed by atoms with Gasteiger partial charge in [0.15, 0.2) is 5.65 Å². The van der Waals surface area contributed by atoms with Gasteiger partial charge in [-0.25, -0.2) is 4.98 Å². The van der Waals surface area contributed by atoms with Gasteiger partial charge in [-0.05, 0) is 44.4 Å². The molecule has 128 valence electrons. The molecule has 0 aliphatic rings. The first-order valence-corrected chi connectivity index (χ1v) is 7.47. The summed E-state index contributed by atoms with van der Waals surface area (Å²) in [5.41, 5.74) is 8.28. The first-order chi connectivity index (χ1) is 10.5. The number of hydrogen-bond donors (Lipinski definition) is 3. The molecule has 23 heavy (non-hydrogen) atoms. The number of unbranched alkanes of at least 4 members (excludes halogenated alkanes) is 1. The molecule has 0 saturated carbocycles. The number of aromatic nitrogens is 3. The maximum Gasteiger partial charge on any atom is 0.273 e. The van der Waals surface area contributed by atoms with Crippen LogP contribution in [0.3, 0.4) is 0 Å². The average molecular weight is 342 g/mol. The molecule has 0 atom stereocenters. The molecule has 0 spiro atoms. The monoisotopic (exact) mass is 341 g/mol. The standard InChI is InChI=1S/C15H23N5O2.ClH/c1-9-11(8-12(21)17-7-5-4-6-16)10(2)18-14-13(9)15(22)19-20(14)3;/h4-8,16H2,1-3H3,(H,17,21)(H,19,22);1H. The summed E-state index contributed by atoms with van der Waals surface area (Å²) in [7, 11) is 1.75. The summed E-state index contributed by atoms with van der Waals surface area (Å²) in [5, 5.41) is 6.13. The predicted octanol–water partition coefficient (Wildman–Crippen LogP) is 0.698. The Kier molecular flexibility index (Phi) is 6.78. The van der Waals surface area contributed by atoms with Crippen LogP contribution in [0.25, 0.3) is 11.0 Å². The van der Waals surface area contributed by atoms with E-state index in [1.807, 2.05) is 13.8 Å². The lowest BCUT2D eigenvalue weighted by molar-refractivity contribution is -0.120. The molecule has 0 fully saturated rings. The fraction of sp³-hybridized carbons (Fsp3) is 0.533. The topological polar surface area (TPSA) is 106 Å². The van der Waals surface area contributed by atoms with Crippen molar-refractivity contribution in [3.63, 3.8) is 0 Å². The zero-order valence-corrected chi connectivity index (χ0v) is 14.5. The van der Waals surface area contributed by atoms with Crippen molar-refractivity contribution in [2.45, 2.75) is 33.1 Å². The number of nitrogens with two attached hydrogens (primary N) is 1. The Bertz CT molecular complexity index is 750. The van der Waals surface area contributed by atoms with E-state index in [4.69, 9.17) is 5.73 Å². The summed E-state index contributed by atoms with van der Waals surface area (Å²) in [5.74, 6) is -0.0586. The average Bonchev–Trinajstić information content (AvgIpc) is 2.74. The van der Waals surface area contributed by atoms with Gasteiger partial charge in [-0.3, -0.25) is 19.4 Å². The highest BCUT2D eigenvalue weighted by Gasteiger charge is 2.17. The van der Waals surface area contributed by atoms with Crippen molar-refractivity contribution in [1.82, 2.24) is 20.1 Å². The van der Waals surface area contributed by atoms with E-state index in [-0.39, 0.29) is 30.3 Å². The molecule has 0 bridgehead atoms. The molecule has 0 radical (unpaired) electrons. The van der Waals surface area contributed by atoms with E-state index in [0.29, 0.717) is 24.1 Å². The van der Waals surface area contributed by atoms with Crippen LogP contribution in [0.15, 0.2) is 4.79 Å². The summed E-state index contributed by atoms with van der Waals surface area (Å²) >= 11 is 0. The summed E-state index contributed by atoms with van der Waals surface area (Å²) in [6.45, 7) is 4.98. The van der Waals surface area contributed by atoms with E-state index in [2.05, 4.69) is 15.4 Å². The third-order valence-corrected chi connectivity index (χ3v) is 3.87. The first-order valence-electron chi connectivity index (χ1n) is 7.47. The van der Waals surface area contributed by atoms with Gasteiger partial charge in [0, 0.05) is 19.3 Å². The molecule has 2 rings (SSSR count). The molecule has 2 aromatic heterocycles. The molecular formula is C15H24ClN5O2. The van der Waals surface area contributed by atoms with Gasteiger partial charge in [-0.15, -0.1) is 12.4 Å². The Labute approximate surface area is 141 Å². The highest BCUT2D eigenvalue weighted by Crippen LogP contribution is 2.20. The lowest BCUT2D eigenvalue weighted by Crippen LogP contribution is -2.27. The van der Waals surface area contributed by atoms with Crippen molar-refractivity contribution in [3.05, 3.63) is 27.2 Å². The van der Waals surface area contributed by atoms with E-state index < -0.39 is 0 Å². The van der Waals surface area contributed by atoms with Crippen LogP contribution < -0.4 is 16.6 Å². The number of fused-ring (bicyclic) bond motifs is 1. The highest BCUT2D eigenvalue weighted by atomic mass is 35.5. The molecule has 8 heteroatoms. The van der Waals surface area contributed by atoms with Gasteiger partial charge in [0.2, 0.25) is 5.91 Å². The normalized spacial score (nSPS) is 10.6. The number of aromatic amines is 1. The molecule has 0 aliphatic heterocycles. The molecule has 0 aromatic carbocycles. The lowest BCUT2D eigenvalue weighted by atomic mass is 10.0. The molecule has 0 saturated heterocycles. The number of H-pyrrole nitrogens is 1. The van der Waals surface area contributed by atoms with E-state index in [9.17, 15) is 9.59 Å². The van der Waals surface area contributed by atoms with Crippen LogP contribution in [0.2, 0.25) is 0 Å². The molecule has 0 aliphatic carbocycles. The second-order valence-electron chi connectivity index (χ2n) is 5.52. The number of carbonyl (C=O) groups excluding carboxylic acids is 1. The summed E-state index contributed by atoms with van der Waals surface area (Å²) in [6.07, 6.45) is 2.00. The lowest BCUT2D eigenvalue weighted by Gasteiger charge is -2.11. The molecule has 7 nitrogen and oxygen atoms in total. The minimum Gasteiger partial charge on any atom is -0.356 e. The molecule has 2 heterocycles. The van der Waals surface area contributed by atoms with Gasteiger partial charge in [0.25, 0.3) is 5.56 Å². The van der Waals surface area contributed by atoms with E-state index >= 15 is 0 Å². The number of rotatable bonds is 6. The third-order valence-electron chi connectivity index (χ3n) is 3.87. The number of halogens is 1. The fourth-order valence-electron chi connectivity index (χ4n) is 2.63. The van der Waals surface area contributed by atoms with Crippen LogP contribution in [-0.4, -0.2) is 33.8 Å². The van der Waals surface area contributed by atoms with Crippen LogP contribution in [0.1, 0.15) is 29.7 Å². The zero-order chi connectivity index (χ0) is 16.3. The number of nitrogens with one attached hydrogen (secondary N) is 2. The number of amides is 1. The molecule has 2 aromatic rings. The van der Waals surface area contributed by atoms with Crippen molar-refractivity contribution >= 4 is 29.3 Å². The molecule has 0 unspecified atom stereocenters. The minimum absolute atomic E-state index is 0. The summed E-state index contributed by atoms with van der Waals surface area (Å²) < 4.78 is 1.61. The van der Waals surface area contributed by atoms with Crippen LogP contribution >= 0.6 is 12.4 Å². The first kappa shape index (κ1) is 19.2. The smallest absolute Gasteiger partial charge is 0.273 e. The van der Waals surface area contributed by atoms with Crippen LogP contribution in [-0.2, 0) is 18.3 Å².